The van der Waals surface area contributed by atoms with E-state index in [1.54, 1.807) is 13.2 Å². The topological polar surface area (TPSA) is 96.3 Å². The Bertz CT molecular complexity index is 1690. The van der Waals surface area contributed by atoms with Crippen molar-refractivity contribution in [1.29, 1.82) is 0 Å². The second-order valence-corrected chi connectivity index (χ2v) is 10.8. The van der Waals surface area contributed by atoms with Crippen molar-refractivity contribution in [2.24, 2.45) is 0 Å². The first kappa shape index (κ1) is 27.2. The third-order valence-electron chi connectivity index (χ3n) is 7.44. The Balaban J connectivity index is 1.39. The van der Waals surface area contributed by atoms with Crippen molar-refractivity contribution in [3.8, 4) is 16.9 Å². The van der Waals surface area contributed by atoms with Crippen LogP contribution in [0.4, 0.5) is 13.2 Å². The van der Waals surface area contributed by atoms with Gasteiger partial charge in [0, 0.05) is 37.5 Å². The van der Waals surface area contributed by atoms with E-state index >= 15 is 0 Å². The molecule has 2 aliphatic rings. The molecule has 1 aliphatic carbocycles. The van der Waals surface area contributed by atoms with Crippen LogP contribution in [0.25, 0.3) is 28.0 Å². The lowest BCUT2D eigenvalue weighted by Crippen LogP contribution is -2.58. The molecule has 1 aromatic carbocycles. The highest BCUT2D eigenvalue weighted by atomic mass is 19.3. The van der Waals surface area contributed by atoms with Crippen LogP contribution in [0.3, 0.4) is 0 Å². The number of rotatable bonds is 9. The van der Waals surface area contributed by atoms with Crippen LogP contribution in [0, 0.1) is 5.82 Å². The summed E-state index contributed by atoms with van der Waals surface area (Å²) in [4.78, 5) is 42.2. The summed E-state index contributed by atoms with van der Waals surface area (Å²) in [6.45, 7) is 0.455. The number of hydrogen-bond acceptors (Lipinski definition) is 6. The number of alkyl halides is 2. The number of nitrogens with zero attached hydrogens (tertiary/aromatic N) is 5. The largest absolute Gasteiger partial charge is 0.383 e. The summed E-state index contributed by atoms with van der Waals surface area (Å²) < 4.78 is 47.7. The molecule has 3 aromatic heterocycles. The average molecular weight is 567 g/mol. The number of carbonyl (C=O) groups is 1. The minimum Gasteiger partial charge on any atom is -0.383 e. The molecule has 9 nitrogen and oxygen atoms in total. The molecule has 1 aliphatic heterocycles. The summed E-state index contributed by atoms with van der Waals surface area (Å²) in [5.74, 6) is -3.78. The molecule has 0 unspecified atom stereocenters. The number of methoxy groups -OCH3 is 1. The van der Waals surface area contributed by atoms with Crippen LogP contribution >= 0.6 is 0 Å². The van der Waals surface area contributed by atoms with Crippen molar-refractivity contribution < 1.29 is 22.7 Å². The quantitative estimate of drug-likeness (QED) is 0.330. The first-order chi connectivity index (χ1) is 19.6. The van der Waals surface area contributed by atoms with Gasteiger partial charge in [0.15, 0.2) is 0 Å². The summed E-state index contributed by atoms with van der Waals surface area (Å²) >= 11 is 0. The van der Waals surface area contributed by atoms with Gasteiger partial charge in [0.1, 0.15) is 23.5 Å². The Morgan fingerprint density at radius 3 is 2.68 bits per heavy atom. The third kappa shape index (κ3) is 5.49. The molecule has 2 fully saturated rings. The first-order valence-corrected chi connectivity index (χ1v) is 13.4. The lowest BCUT2D eigenvalue weighted by molar-refractivity contribution is -0.113. The van der Waals surface area contributed by atoms with Crippen LogP contribution in [0.5, 0.6) is 0 Å². The van der Waals surface area contributed by atoms with Gasteiger partial charge in [-0.2, -0.15) is 0 Å². The summed E-state index contributed by atoms with van der Waals surface area (Å²) in [6.07, 6.45) is 3.27. The van der Waals surface area contributed by atoms with Gasteiger partial charge in [-0.05, 0) is 61.3 Å². The van der Waals surface area contributed by atoms with E-state index in [1.807, 2.05) is 19.2 Å². The van der Waals surface area contributed by atoms with Gasteiger partial charge in [-0.3, -0.25) is 14.5 Å². The molecule has 1 saturated carbocycles. The van der Waals surface area contributed by atoms with E-state index in [0.717, 1.165) is 41.7 Å². The SMILES string of the molecule is COCCN(C)Cc1cc2ncn(-c3cc(-c4ccc(F)cc4C(=O)N4CC(F)(F)C4)cc(C4CC4)n3)c(=O)c2[nH]1. The number of fused-ring (bicyclic) bond motifs is 1. The molecular formula is C29H29F3N6O3. The van der Waals surface area contributed by atoms with Gasteiger partial charge in [0.2, 0.25) is 0 Å². The Kier molecular flexibility index (Phi) is 6.90. The maximum absolute atomic E-state index is 14.3. The maximum atomic E-state index is 14.3. The maximum Gasteiger partial charge on any atom is 0.283 e. The average Bonchev–Trinajstić information content (AvgIpc) is 3.70. The Morgan fingerprint density at radius 1 is 1.20 bits per heavy atom. The second-order valence-electron chi connectivity index (χ2n) is 10.8. The molecule has 0 spiro atoms. The van der Waals surface area contributed by atoms with Gasteiger partial charge in [-0.25, -0.2) is 27.7 Å². The summed E-state index contributed by atoms with van der Waals surface area (Å²) in [5, 5.41) is 0. The van der Waals surface area contributed by atoms with Crippen molar-refractivity contribution in [1.82, 2.24) is 29.3 Å². The predicted octanol–water partition coefficient (Wildman–Crippen LogP) is 3.96. The molecule has 4 heterocycles. The number of aromatic nitrogens is 4. The van der Waals surface area contributed by atoms with Crippen molar-refractivity contribution in [2.75, 3.05) is 40.4 Å². The van der Waals surface area contributed by atoms with E-state index in [4.69, 9.17) is 9.72 Å². The number of halogens is 3. The zero-order valence-electron chi connectivity index (χ0n) is 22.7. The van der Waals surface area contributed by atoms with Gasteiger partial charge in [-0.1, -0.05) is 6.07 Å². The number of carbonyl (C=O) groups excluding carboxylic acids is 1. The van der Waals surface area contributed by atoms with Gasteiger partial charge in [-0.15, -0.1) is 0 Å². The molecule has 0 bridgehead atoms. The number of nitrogens with one attached hydrogen (secondary N) is 1. The molecule has 12 heteroatoms. The minimum absolute atomic E-state index is 0.0214. The van der Waals surface area contributed by atoms with Gasteiger partial charge in [0.25, 0.3) is 17.4 Å². The Morgan fingerprint density at radius 2 is 1.98 bits per heavy atom. The van der Waals surface area contributed by atoms with Crippen LogP contribution < -0.4 is 5.56 Å². The van der Waals surface area contributed by atoms with E-state index in [9.17, 15) is 22.8 Å². The molecule has 1 saturated heterocycles. The smallest absolute Gasteiger partial charge is 0.283 e. The molecule has 41 heavy (non-hydrogen) atoms. The number of ether oxygens (including phenoxy) is 1. The van der Waals surface area contributed by atoms with Crippen molar-refractivity contribution in [3.05, 3.63) is 75.8 Å². The number of likely N-dealkylation sites (tertiary alicyclic amines) is 1. The van der Waals surface area contributed by atoms with E-state index < -0.39 is 30.7 Å². The zero-order chi connectivity index (χ0) is 28.9. The highest BCUT2D eigenvalue weighted by Crippen LogP contribution is 2.41. The van der Waals surface area contributed by atoms with Crippen molar-refractivity contribution in [3.63, 3.8) is 0 Å². The van der Waals surface area contributed by atoms with E-state index in [-0.39, 0.29) is 17.0 Å². The lowest BCUT2D eigenvalue weighted by atomic mass is 9.96. The summed E-state index contributed by atoms with van der Waals surface area (Å²) in [5.41, 5.74) is 2.96. The monoisotopic (exact) mass is 566 g/mol. The molecule has 0 atom stereocenters. The van der Waals surface area contributed by atoms with Crippen LogP contribution in [0.2, 0.25) is 0 Å². The normalized spacial score (nSPS) is 16.4. The minimum atomic E-state index is -2.95. The van der Waals surface area contributed by atoms with Gasteiger partial charge in [0.05, 0.1) is 30.8 Å². The van der Waals surface area contributed by atoms with Crippen LogP contribution in [0.1, 0.15) is 40.5 Å². The fraction of sp³-hybridized carbons (Fsp3) is 0.379. The fourth-order valence-corrected chi connectivity index (χ4v) is 5.10. The Labute approximate surface area is 233 Å². The van der Waals surface area contributed by atoms with E-state index in [2.05, 4.69) is 14.9 Å². The fourth-order valence-electron chi connectivity index (χ4n) is 5.10. The highest BCUT2D eigenvalue weighted by Gasteiger charge is 2.46. The standard InChI is InChI=1S/C29H29F3N6O3/c1-36(7-8-41-2)13-20-12-24-26(34-20)28(40)38(16-33-24)25-10-18(9-23(35-25)17-3-4-17)21-6-5-19(30)11-22(21)27(39)37-14-29(31,32)15-37/h5-6,9-12,16-17,34H,3-4,7-8,13-15H2,1-2H3. The molecular weight excluding hydrogens is 537 g/mol. The molecule has 1 N–H and O–H groups in total. The number of hydrogen-bond donors (Lipinski definition) is 1. The molecule has 4 aromatic rings. The summed E-state index contributed by atoms with van der Waals surface area (Å²) in [7, 11) is 3.59. The molecule has 214 valence electrons. The van der Waals surface area contributed by atoms with Crippen LogP contribution in [-0.2, 0) is 11.3 Å². The number of pyridine rings is 1. The molecule has 1 amide bonds. The Hall–Kier alpha value is -4.03. The number of aromatic amines is 1. The van der Waals surface area contributed by atoms with Crippen LogP contribution in [-0.4, -0.2) is 81.5 Å². The van der Waals surface area contributed by atoms with Gasteiger partial charge >= 0.3 is 0 Å². The number of benzene rings is 1. The van der Waals surface area contributed by atoms with Crippen molar-refractivity contribution >= 4 is 16.9 Å². The lowest BCUT2D eigenvalue weighted by Gasteiger charge is -2.39. The number of likely N-dealkylation sites (N-methyl/N-ethyl adjacent to an activating group) is 1. The van der Waals surface area contributed by atoms with Gasteiger partial charge < -0.3 is 14.6 Å². The first-order valence-electron chi connectivity index (χ1n) is 13.4. The number of H-pyrrole nitrogens is 1. The number of amides is 1. The zero-order valence-corrected chi connectivity index (χ0v) is 22.7. The predicted molar refractivity (Wildman–Crippen MR) is 146 cm³/mol. The molecule has 0 radical (unpaired) electrons. The van der Waals surface area contributed by atoms with E-state index in [1.165, 1.54) is 23.0 Å². The second kappa shape index (κ2) is 10.4. The van der Waals surface area contributed by atoms with Crippen LogP contribution in [0.15, 0.2) is 47.5 Å². The highest BCUT2D eigenvalue weighted by molar-refractivity contribution is 6.01. The molecule has 6 rings (SSSR count). The third-order valence-corrected chi connectivity index (χ3v) is 7.44. The van der Waals surface area contributed by atoms with E-state index in [0.29, 0.717) is 41.1 Å². The van der Waals surface area contributed by atoms with Crippen molar-refractivity contribution in [2.45, 2.75) is 31.2 Å². The summed E-state index contributed by atoms with van der Waals surface area (Å²) in [6, 6.07) is 9.03.